The van der Waals surface area contributed by atoms with Crippen LogP contribution in [-0.4, -0.2) is 40.8 Å². The van der Waals surface area contributed by atoms with Gasteiger partial charge in [0.05, 0.1) is 16.4 Å². The van der Waals surface area contributed by atoms with Crippen molar-refractivity contribution in [2.45, 2.75) is 49.1 Å². The van der Waals surface area contributed by atoms with Gasteiger partial charge in [-0.2, -0.15) is 0 Å². The molecule has 1 amide bonds. The van der Waals surface area contributed by atoms with Gasteiger partial charge < -0.3 is 19.8 Å². The van der Waals surface area contributed by atoms with Gasteiger partial charge in [-0.1, -0.05) is 11.6 Å². The fourth-order valence-corrected chi connectivity index (χ4v) is 4.68. The number of aromatic nitrogens is 2. The average Bonchev–Trinajstić information content (AvgIpc) is 3.05. The van der Waals surface area contributed by atoms with E-state index in [1.165, 1.54) is 12.1 Å². The molecule has 2 bridgehead atoms. The summed E-state index contributed by atoms with van der Waals surface area (Å²) in [7, 11) is 0. The Morgan fingerprint density at radius 2 is 2.21 bits per heavy atom. The third-order valence-corrected chi connectivity index (χ3v) is 6.48. The van der Waals surface area contributed by atoms with Crippen LogP contribution in [-0.2, 0) is 10.2 Å². The van der Waals surface area contributed by atoms with Crippen molar-refractivity contribution in [1.82, 2.24) is 20.8 Å². The van der Waals surface area contributed by atoms with E-state index in [1.807, 2.05) is 0 Å². The van der Waals surface area contributed by atoms with Crippen molar-refractivity contribution in [3.8, 4) is 5.75 Å². The molecule has 1 aromatic carbocycles. The molecule has 7 nitrogen and oxygen atoms in total. The first-order valence-corrected chi connectivity index (χ1v) is 9.72. The predicted molar refractivity (Wildman–Crippen MR) is 97.8 cm³/mol. The summed E-state index contributed by atoms with van der Waals surface area (Å²) in [6.45, 7) is 2.80. The largest absolute Gasteiger partial charge is 0.484 e. The lowest BCUT2D eigenvalue weighted by Crippen LogP contribution is -2.77. The van der Waals surface area contributed by atoms with Crippen LogP contribution >= 0.6 is 11.6 Å². The summed E-state index contributed by atoms with van der Waals surface area (Å²) >= 11 is 5.63. The van der Waals surface area contributed by atoms with Crippen LogP contribution in [0.1, 0.15) is 43.9 Å². The Balaban J connectivity index is 1.13. The molecule has 1 saturated heterocycles. The second-order valence-corrected chi connectivity index (χ2v) is 8.66. The number of hydrogen-bond acceptors (Lipinski definition) is 6. The number of benzene rings is 1. The third kappa shape index (κ3) is 2.78. The van der Waals surface area contributed by atoms with E-state index in [2.05, 4.69) is 27.8 Å². The highest BCUT2D eigenvalue weighted by molar-refractivity contribution is 6.30. The van der Waals surface area contributed by atoms with Gasteiger partial charge in [0.15, 0.2) is 6.61 Å². The maximum Gasteiger partial charge on any atom is 0.258 e. The first kappa shape index (κ1) is 17.9. The fourth-order valence-electron chi connectivity index (χ4n) is 4.57. The molecule has 0 spiro atoms. The van der Waals surface area contributed by atoms with E-state index in [4.69, 9.17) is 20.8 Å². The van der Waals surface area contributed by atoms with Crippen LogP contribution in [0, 0.1) is 5.82 Å². The lowest BCUT2D eigenvalue weighted by molar-refractivity contribution is -0.143. The van der Waals surface area contributed by atoms with Crippen LogP contribution in [0.25, 0.3) is 0 Å². The summed E-state index contributed by atoms with van der Waals surface area (Å²) in [5.74, 6) is 1.13. The summed E-state index contributed by atoms with van der Waals surface area (Å²) in [5.41, 5.74) is -0.315. The summed E-state index contributed by atoms with van der Waals surface area (Å²) in [5, 5.41) is 14.8. The molecule has 2 unspecified atom stereocenters. The molecule has 4 fully saturated rings. The van der Waals surface area contributed by atoms with E-state index < -0.39 is 5.82 Å². The Bertz CT molecular complexity index is 929. The zero-order chi connectivity index (χ0) is 19.5. The van der Waals surface area contributed by atoms with Crippen molar-refractivity contribution < 1.29 is 18.3 Å². The Kier molecular flexibility index (Phi) is 3.93. The molecule has 2 aromatic rings. The van der Waals surface area contributed by atoms with Crippen molar-refractivity contribution in [3.05, 3.63) is 40.8 Å². The molecule has 1 aliphatic heterocycles. The minimum atomic E-state index is -0.577. The molecule has 0 radical (unpaired) electrons. The standard InChI is InChI=1S/C19H20ClFN4O3/c1-10-12(5-22-10)16-24-25-17(28-16)18-7-19(8-18,9-18)23-15(26)6-27-11-2-3-13(20)14(21)4-11/h2-4,10,12,22H,5-9H2,1H3,(H,23,26). The van der Waals surface area contributed by atoms with Gasteiger partial charge in [-0.15, -0.1) is 10.2 Å². The normalized spacial score (nSPS) is 32.7. The first-order valence-electron chi connectivity index (χ1n) is 9.34. The minimum Gasteiger partial charge on any atom is -0.484 e. The number of halogens is 2. The lowest BCUT2D eigenvalue weighted by atomic mass is 9.39. The molecular formula is C19H20ClFN4O3. The first-order chi connectivity index (χ1) is 13.4. The number of nitrogens with one attached hydrogen (secondary N) is 2. The average molecular weight is 407 g/mol. The van der Waals surface area contributed by atoms with Crippen molar-refractivity contribution in [1.29, 1.82) is 0 Å². The van der Waals surface area contributed by atoms with Gasteiger partial charge in [-0.05, 0) is 38.3 Å². The number of carbonyl (C=O) groups is 1. The Morgan fingerprint density at radius 1 is 1.43 bits per heavy atom. The quantitative estimate of drug-likeness (QED) is 0.765. The second-order valence-electron chi connectivity index (χ2n) is 8.25. The van der Waals surface area contributed by atoms with E-state index in [1.54, 1.807) is 0 Å². The van der Waals surface area contributed by atoms with E-state index in [9.17, 15) is 9.18 Å². The van der Waals surface area contributed by atoms with Gasteiger partial charge in [-0.3, -0.25) is 4.79 Å². The molecule has 2 heterocycles. The topological polar surface area (TPSA) is 89.3 Å². The monoisotopic (exact) mass is 406 g/mol. The molecule has 3 aliphatic carbocycles. The Labute approximate surface area is 166 Å². The number of rotatable bonds is 6. The zero-order valence-electron chi connectivity index (χ0n) is 15.3. The highest BCUT2D eigenvalue weighted by Gasteiger charge is 2.71. The number of ether oxygens (including phenoxy) is 1. The highest BCUT2D eigenvalue weighted by atomic mass is 35.5. The molecule has 2 N–H and O–H groups in total. The lowest BCUT2D eigenvalue weighted by Gasteiger charge is -2.68. The summed E-state index contributed by atoms with van der Waals surface area (Å²) < 4.78 is 24.7. The van der Waals surface area contributed by atoms with E-state index in [-0.39, 0.29) is 40.2 Å². The van der Waals surface area contributed by atoms with Gasteiger partial charge >= 0.3 is 0 Å². The molecule has 4 aliphatic rings. The van der Waals surface area contributed by atoms with E-state index in [0.29, 0.717) is 17.8 Å². The minimum absolute atomic E-state index is 0.0168. The Hall–Kier alpha value is -2.19. The van der Waals surface area contributed by atoms with Gasteiger partial charge in [0, 0.05) is 24.2 Å². The van der Waals surface area contributed by atoms with Crippen molar-refractivity contribution in [2.24, 2.45) is 0 Å². The highest BCUT2D eigenvalue weighted by Crippen LogP contribution is 2.67. The molecule has 9 heteroatoms. The zero-order valence-corrected chi connectivity index (χ0v) is 16.1. The molecule has 1 aromatic heterocycles. The van der Waals surface area contributed by atoms with Crippen LogP contribution in [0.4, 0.5) is 4.39 Å². The van der Waals surface area contributed by atoms with Gasteiger partial charge in [-0.25, -0.2) is 4.39 Å². The predicted octanol–water partition coefficient (Wildman–Crippen LogP) is 2.31. The van der Waals surface area contributed by atoms with Crippen LogP contribution in [0.5, 0.6) is 5.75 Å². The fraction of sp³-hybridized carbons (Fsp3) is 0.526. The van der Waals surface area contributed by atoms with Crippen molar-refractivity contribution >= 4 is 17.5 Å². The smallest absolute Gasteiger partial charge is 0.258 e. The summed E-state index contributed by atoms with van der Waals surface area (Å²) in [6, 6.07) is 4.45. The van der Waals surface area contributed by atoms with E-state index in [0.717, 1.165) is 31.9 Å². The van der Waals surface area contributed by atoms with Crippen molar-refractivity contribution in [2.75, 3.05) is 13.2 Å². The molecule has 28 heavy (non-hydrogen) atoms. The SMILES string of the molecule is CC1NCC1c1nnc(C23CC(NC(=O)COc4ccc(Cl)c(F)c4)(C2)C3)o1. The maximum atomic E-state index is 13.4. The number of nitrogens with zero attached hydrogens (tertiary/aromatic N) is 2. The molecular weight excluding hydrogens is 387 g/mol. The van der Waals surface area contributed by atoms with Crippen molar-refractivity contribution in [3.63, 3.8) is 0 Å². The van der Waals surface area contributed by atoms with Gasteiger partial charge in [0.2, 0.25) is 11.8 Å². The molecule has 148 valence electrons. The number of carbonyl (C=O) groups excluding carboxylic acids is 1. The second kappa shape index (κ2) is 6.15. The number of hydrogen-bond donors (Lipinski definition) is 2. The summed E-state index contributed by atoms with van der Waals surface area (Å²) in [6.07, 6.45) is 2.38. The van der Waals surface area contributed by atoms with Crippen LogP contribution in [0.15, 0.2) is 22.6 Å². The van der Waals surface area contributed by atoms with Gasteiger partial charge in [0.1, 0.15) is 11.6 Å². The Morgan fingerprint density at radius 3 is 2.86 bits per heavy atom. The van der Waals surface area contributed by atoms with Gasteiger partial charge in [0.25, 0.3) is 5.91 Å². The molecule has 6 rings (SSSR count). The third-order valence-electron chi connectivity index (χ3n) is 6.17. The summed E-state index contributed by atoms with van der Waals surface area (Å²) in [4.78, 5) is 12.2. The molecule has 3 saturated carbocycles. The van der Waals surface area contributed by atoms with Crippen LogP contribution in [0.3, 0.4) is 0 Å². The molecule has 2 atom stereocenters. The van der Waals surface area contributed by atoms with Crippen LogP contribution < -0.4 is 15.4 Å². The number of amides is 1. The van der Waals surface area contributed by atoms with Crippen LogP contribution in [0.2, 0.25) is 5.02 Å². The maximum absolute atomic E-state index is 13.4. The van der Waals surface area contributed by atoms with E-state index >= 15 is 0 Å².